The minimum Gasteiger partial charge on any atom is -0.429 e. The SMILES string of the molecule is C=CCC(C)(O)OC(=O)C(F)(F)C(F)F. The summed E-state index contributed by atoms with van der Waals surface area (Å²) >= 11 is 0. The van der Waals surface area contributed by atoms with Gasteiger partial charge in [0.1, 0.15) is 0 Å². The van der Waals surface area contributed by atoms with Crippen molar-refractivity contribution in [1.82, 2.24) is 0 Å². The lowest BCUT2D eigenvalue weighted by atomic mass is 10.2. The van der Waals surface area contributed by atoms with Crippen molar-refractivity contribution < 1.29 is 32.2 Å². The molecule has 0 heterocycles. The Labute approximate surface area is 83.3 Å². The Morgan fingerprint density at radius 2 is 2.07 bits per heavy atom. The van der Waals surface area contributed by atoms with Crippen LogP contribution in [0.5, 0.6) is 0 Å². The first-order valence-corrected chi connectivity index (χ1v) is 3.86. The van der Waals surface area contributed by atoms with Crippen molar-refractivity contribution >= 4 is 5.97 Å². The largest absolute Gasteiger partial charge is 0.429 e. The first-order chi connectivity index (χ1) is 6.63. The van der Waals surface area contributed by atoms with E-state index in [1.54, 1.807) is 0 Å². The molecular weight excluding hydrogens is 220 g/mol. The molecule has 0 radical (unpaired) electrons. The van der Waals surface area contributed by atoms with Gasteiger partial charge in [-0.2, -0.15) is 8.78 Å². The molecule has 0 saturated carbocycles. The van der Waals surface area contributed by atoms with E-state index in [0.29, 0.717) is 0 Å². The first-order valence-electron chi connectivity index (χ1n) is 3.86. The van der Waals surface area contributed by atoms with Gasteiger partial charge in [-0.25, -0.2) is 13.6 Å². The number of rotatable bonds is 5. The zero-order valence-corrected chi connectivity index (χ0v) is 7.84. The van der Waals surface area contributed by atoms with E-state index in [1.165, 1.54) is 0 Å². The lowest BCUT2D eigenvalue weighted by Crippen LogP contribution is -2.43. The number of hydrogen-bond donors (Lipinski definition) is 1. The van der Waals surface area contributed by atoms with Gasteiger partial charge in [0.2, 0.25) is 5.79 Å². The zero-order valence-electron chi connectivity index (χ0n) is 7.84. The zero-order chi connectivity index (χ0) is 12.3. The molecule has 0 fully saturated rings. The number of carbonyl (C=O) groups excluding carboxylic acids is 1. The average Bonchev–Trinajstić information content (AvgIpc) is 2.02. The van der Waals surface area contributed by atoms with E-state index in [2.05, 4.69) is 11.3 Å². The van der Waals surface area contributed by atoms with Gasteiger partial charge in [0.15, 0.2) is 0 Å². The highest BCUT2D eigenvalue weighted by Crippen LogP contribution is 2.27. The number of ether oxygens (including phenoxy) is 1. The summed E-state index contributed by atoms with van der Waals surface area (Å²) in [6, 6.07) is 0. The van der Waals surface area contributed by atoms with Gasteiger partial charge >= 0.3 is 18.3 Å². The Morgan fingerprint density at radius 1 is 1.60 bits per heavy atom. The van der Waals surface area contributed by atoms with Gasteiger partial charge in [0.25, 0.3) is 0 Å². The van der Waals surface area contributed by atoms with Crippen LogP contribution in [-0.4, -0.2) is 29.2 Å². The number of esters is 1. The standard InChI is InChI=1S/C8H10F4O3/c1-3-4-7(2,14)15-6(13)8(11,12)5(9)10/h3,5,14H,1,4H2,2H3. The quantitative estimate of drug-likeness (QED) is 0.338. The van der Waals surface area contributed by atoms with Gasteiger partial charge in [0.05, 0.1) is 0 Å². The molecule has 0 rings (SSSR count). The molecule has 0 spiro atoms. The van der Waals surface area contributed by atoms with Gasteiger partial charge in [-0.3, -0.25) is 0 Å². The van der Waals surface area contributed by atoms with E-state index in [0.717, 1.165) is 13.0 Å². The number of halogens is 4. The monoisotopic (exact) mass is 230 g/mol. The molecule has 0 aliphatic heterocycles. The minimum absolute atomic E-state index is 0.349. The van der Waals surface area contributed by atoms with Crippen LogP contribution >= 0.6 is 0 Å². The predicted molar refractivity (Wildman–Crippen MR) is 42.5 cm³/mol. The second-order valence-electron chi connectivity index (χ2n) is 2.98. The van der Waals surface area contributed by atoms with E-state index < -0.39 is 24.1 Å². The van der Waals surface area contributed by atoms with Crippen LogP contribution in [0.1, 0.15) is 13.3 Å². The fourth-order valence-electron chi connectivity index (χ4n) is 0.666. The molecule has 15 heavy (non-hydrogen) atoms. The third-order valence-corrected chi connectivity index (χ3v) is 1.38. The minimum atomic E-state index is -4.93. The summed E-state index contributed by atoms with van der Waals surface area (Å²) < 4.78 is 51.9. The third-order valence-electron chi connectivity index (χ3n) is 1.38. The maximum Gasteiger partial charge on any atom is 0.401 e. The van der Waals surface area contributed by atoms with Crippen LogP contribution in [0.2, 0.25) is 0 Å². The summed E-state index contributed by atoms with van der Waals surface area (Å²) in [6.07, 6.45) is -3.43. The fourth-order valence-corrected chi connectivity index (χ4v) is 0.666. The summed E-state index contributed by atoms with van der Waals surface area (Å²) in [7, 11) is 0. The molecule has 0 aliphatic rings. The summed E-state index contributed by atoms with van der Waals surface area (Å²) in [5, 5.41) is 9.14. The molecule has 1 atom stereocenters. The molecule has 0 saturated heterocycles. The normalized spacial score (nSPS) is 15.9. The van der Waals surface area contributed by atoms with Crippen molar-refractivity contribution in [1.29, 1.82) is 0 Å². The van der Waals surface area contributed by atoms with Gasteiger partial charge < -0.3 is 9.84 Å². The maximum absolute atomic E-state index is 12.3. The van der Waals surface area contributed by atoms with Gasteiger partial charge in [-0.15, -0.1) is 6.58 Å². The summed E-state index contributed by atoms with van der Waals surface area (Å²) in [4.78, 5) is 10.6. The number of hydrogen-bond acceptors (Lipinski definition) is 3. The molecule has 0 aromatic heterocycles. The van der Waals surface area contributed by atoms with E-state index in [-0.39, 0.29) is 6.42 Å². The van der Waals surface area contributed by atoms with Crippen molar-refractivity contribution in [2.75, 3.05) is 0 Å². The van der Waals surface area contributed by atoms with Crippen LogP contribution in [0.4, 0.5) is 17.6 Å². The summed E-state index contributed by atoms with van der Waals surface area (Å²) in [5.74, 6) is -9.66. The predicted octanol–water partition coefficient (Wildman–Crippen LogP) is 1.71. The van der Waals surface area contributed by atoms with Crippen molar-refractivity contribution in [3.63, 3.8) is 0 Å². The average molecular weight is 230 g/mol. The maximum atomic E-state index is 12.3. The van der Waals surface area contributed by atoms with E-state index in [1.807, 2.05) is 0 Å². The van der Waals surface area contributed by atoms with Crippen molar-refractivity contribution in [3.05, 3.63) is 12.7 Å². The van der Waals surface area contributed by atoms with Gasteiger partial charge in [-0.1, -0.05) is 6.08 Å². The molecule has 7 heteroatoms. The van der Waals surface area contributed by atoms with Crippen LogP contribution in [0.25, 0.3) is 0 Å². The highest BCUT2D eigenvalue weighted by Gasteiger charge is 2.52. The Bertz CT molecular complexity index is 250. The molecule has 0 bridgehead atoms. The highest BCUT2D eigenvalue weighted by atomic mass is 19.3. The molecule has 0 aromatic rings. The fraction of sp³-hybridized carbons (Fsp3) is 0.625. The number of alkyl halides is 4. The number of aliphatic hydroxyl groups is 1. The lowest BCUT2D eigenvalue weighted by Gasteiger charge is -2.24. The van der Waals surface area contributed by atoms with E-state index in [4.69, 9.17) is 5.11 Å². The summed E-state index contributed by atoms with van der Waals surface area (Å²) in [5.41, 5.74) is 0. The van der Waals surface area contributed by atoms with E-state index in [9.17, 15) is 22.4 Å². The molecule has 1 unspecified atom stereocenters. The first kappa shape index (κ1) is 13.9. The Balaban J connectivity index is 4.55. The smallest absolute Gasteiger partial charge is 0.401 e. The molecular formula is C8H10F4O3. The Kier molecular flexibility index (Phi) is 4.27. The molecule has 0 aromatic carbocycles. The van der Waals surface area contributed by atoms with E-state index >= 15 is 0 Å². The van der Waals surface area contributed by atoms with Crippen LogP contribution in [0.3, 0.4) is 0 Å². The Hall–Kier alpha value is -1.11. The van der Waals surface area contributed by atoms with Crippen LogP contribution in [0.15, 0.2) is 12.7 Å². The summed E-state index contributed by atoms with van der Waals surface area (Å²) in [6.45, 7) is 4.05. The molecule has 1 N–H and O–H groups in total. The second kappa shape index (κ2) is 4.61. The molecule has 0 amide bonds. The van der Waals surface area contributed by atoms with Crippen molar-refractivity contribution in [2.24, 2.45) is 0 Å². The van der Waals surface area contributed by atoms with Gasteiger partial charge in [0, 0.05) is 13.3 Å². The van der Waals surface area contributed by atoms with Gasteiger partial charge in [-0.05, 0) is 0 Å². The third kappa shape index (κ3) is 3.86. The van der Waals surface area contributed by atoms with Crippen LogP contribution in [-0.2, 0) is 9.53 Å². The Morgan fingerprint density at radius 3 is 2.40 bits per heavy atom. The topological polar surface area (TPSA) is 46.5 Å². The second-order valence-corrected chi connectivity index (χ2v) is 2.98. The highest BCUT2D eigenvalue weighted by molar-refractivity contribution is 5.78. The molecule has 0 aliphatic carbocycles. The molecule has 88 valence electrons. The molecule has 3 nitrogen and oxygen atoms in total. The van der Waals surface area contributed by atoms with Crippen LogP contribution in [0, 0.1) is 0 Å². The van der Waals surface area contributed by atoms with Crippen molar-refractivity contribution in [3.8, 4) is 0 Å². The van der Waals surface area contributed by atoms with Crippen LogP contribution < -0.4 is 0 Å². The lowest BCUT2D eigenvalue weighted by molar-refractivity contribution is -0.236. The van der Waals surface area contributed by atoms with Crippen molar-refractivity contribution in [2.45, 2.75) is 31.5 Å². The number of carbonyl (C=O) groups is 1.